The maximum Gasteiger partial charge on any atom is 0.0720 e. The van der Waals surface area contributed by atoms with Crippen LogP contribution in [0.5, 0.6) is 0 Å². The van der Waals surface area contributed by atoms with E-state index >= 15 is 0 Å². The van der Waals surface area contributed by atoms with E-state index in [-0.39, 0.29) is 5.92 Å². The van der Waals surface area contributed by atoms with Crippen LogP contribution < -0.4 is 4.90 Å². The van der Waals surface area contributed by atoms with Gasteiger partial charge in [-0.05, 0) is 104 Å². The van der Waals surface area contributed by atoms with Crippen molar-refractivity contribution in [3.63, 3.8) is 0 Å². The molecular weight excluding hydrogens is 719 g/mol. The average molecular weight is 756 g/mol. The second-order valence-electron chi connectivity index (χ2n) is 15.5. The summed E-state index contributed by atoms with van der Waals surface area (Å²) >= 11 is 1.90. The Bertz CT molecular complexity index is 3130. The van der Waals surface area contributed by atoms with Crippen LogP contribution in [0.2, 0.25) is 0 Å². The number of benzene rings is 9. The number of fused-ring (bicyclic) bond motifs is 9. The topological polar surface area (TPSA) is 3.24 Å². The van der Waals surface area contributed by atoms with E-state index in [2.05, 4.69) is 223 Å². The van der Waals surface area contributed by atoms with Gasteiger partial charge in [0.2, 0.25) is 0 Å². The standard InChI is InChI=1S/C56H37NS/c1-4-17-37(18-5-1)54-45-26-11-10-23-42(45)48-35-40(31-33-46(48)54)57(39-21-8-3-9-22-39)41-32-34-47-53(36-41)58-52-30-16-29-51(55(47)52)56(38-19-6-2-7-20-38)49-27-14-12-24-43(49)44-25-13-15-28-50(44)56/h1-36,54H. The first-order valence-corrected chi connectivity index (χ1v) is 20.9. The molecule has 2 heteroatoms. The summed E-state index contributed by atoms with van der Waals surface area (Å²) in [5.41, 5.74) is 17.6. The molecule has 1 aromatic heterocycles. The Balaban J connectivity index is 1.06. The van der Waals surface area contributed by atoms with Gasteiger partial charge in [0, 0.05) is 43.2 Å². The molecule has 10 aromatic rings. The summed E-state index contributed by atoms with van der Waals surface area (Å²) < 4.78 is 2.58. The Hall–Kier alpha value is -7.00. The van der Waals surface area contributed by atoms with Crippen LogP contribution in [0, 0.1) is 0 Å². The highest BCUT2D eigenvalue weighted by Gasteiger charge is 2.47. The third-order valence-corrected chi connectivity index (χ3v) is 13.7. The Morgan fingerprint density at radius 3 is 1.69 bits per heavy atom. The Labute approximate surface area is 342 Å². The lowest BCUT2D eigenvalue weighted by Crippen LogP contribution is -2.28. The zero-order valence-corrected chi connectivity index (χ0v) is 32.5. The van der Waals surface area contributed by atoms with Crippen molar-refractivity contribution in [3.8, 4) is 22.3 Å². The first-order valence-electron chi connectivity index (χ1n) is 20.1. The van der Waals surface area contributed by atoms with Gasteiger partial charge in [-0.15, -0.1) is 11.3 Å². The minimum atomic E-state index is -0.463. The van der Waals surface area contributed by atoms with Gasteiger partial charge in [0.05, 0.1) is 5.41 Å². The van der Waals surface area contributed by atoms with Gasteiger partial charge in [0.1, 0.15) is 0 Å². The molecule has 0 amide bonds. The van der Waals surface area contributed by atoms with Crippen LogP contribution in [-0.2, 0) is 5.41 Å². The first-order chi connectivity index (χ1) is 28.8. The van der Waals surface area contributed by atoms with E-state index in [1.807, 2.05) is 11.3 Å². The maximum atomic E-state index is 2.43. The van der Waals surface area contributed by atoms with Gasteiger partial charge < -0.3 is 4.90 Å². The molecule has 0 spiro atoms. The van der Waals surface area contributed by atoms with Crippen LogP contribution >= 0.6 is 11.3 Å². The molecule has 0 fully saturated rings. The molecule has 0 aliphatic heterocycles. The van der Waals surface area contributed by atoms with E-state index in [4.69, 9.17) is 0 Å². The Morgan fingerprint density at radius 1 is 0.379 bits per heavy atom. The van der Waals surface area contributed by atoms with E-state index < -0.39 is 5.41 Å². The van der Waals surface area contributed by atoms with Gasteiger partial charge in [0.15, 0.2) is 0 Å². The van der Waals surface area contributed by atoms with Crippen LogP contribution in [-0.4, -0.2) is 0 Å². The first kappa shape index (κ1) is 33.2. The highest BCUT2D eigenvalue weighted by molar-refractivity contribution is 7.25. The van der Waals surface area contributed by atoms with Crippen molar-refractivity contribution in [1.29, 1.82) is 0 Å². The molecule has 0 radical (unpaired) electrons. The summed E-state index contributed by atoms with van der Waals surface area (Å²) in [5, 5.41) is 2.62. The monoisotopic (exact) mass is 755 g/mol. The van der Waals surface area contributed by atoms with E-state index in [0.29, 0.717) is 0 Å². The molecular formula is C56H37NS. The molecule has 1 unspecified atom stereocenters. The normalized spacial score (nSPS) is 14.5. The van der Waals surface area contributed by atoms with Gasteiger partial charge in [0.25, 0.3) is 0 Å². The van der Waals surface area contributed by atoms with Crippen LogP contribution in [0.4, 0.5) is 17.1 Å². The molecule has 12 rings (SSSR count). The fourth-order valence-corrected chi connectivity index (χ4v) is 11.5. The lowest BCUT2D eigenvalue weighted by Gasteiger charge is -2.34. The minimum absolute atomic E-state index is 0.216. The Morgan fingerprint density at radius 2 is 0.948 bits per heavy atom. The summed E-state index contributed by atoms with van der Waals surface area (Å²) in [6.45, 7) is 0. The predicted octanol–water partition coefficient (Wildman–Crippen LogP) is 15.0. The summed E-state index contributed by atoms with van der Waals surface area (Å²) in [6.07, 6.45) is 0. The lowest BCUT2D eigenvalue weighted by atomic mass is 9.66. The van der Waals surface area contributed by atoms with Crippen molar-refractivity contribution < 1.29 is 0 Å². The van der Waals surface area contributed by atoms with Crippen molar-refractivity contribution in [2.45, 2.75) is 11.3 Å². The van der Waals surface area contributed by atoms with Crippen LogP contribution in [0.15, 0.2) is 218 Å². The highest BCUT2D eigenvalue weighted by atomic mass is 32.1. The van der Waals surface area contributed by atoms with Gasteiger partial charge in [-0.3, -0.25) is 0 Å². The largest absolute Gasteiger partial charge is 0.310 e. The molecule has 0 saturated carbocycles. The third-order valence-electron chi connectivity index (χ3n) is 12.6. The van der Waals surface area contributed by atoms with E-state index in [1.54, 1.807) is 0 Å². The molecule has 0 bridgehead atoms. The fourth-order valence-electron chi connectivity index (χ4n) is 10.3. The number of rotatable bonds is 6. The molecule has 9 aromatic carbocycles. The second-order valence-corrected chi connectivity index (χ2v) is 16.6. The summed E-state index contributed by atoms with van der Waals surface area (Å²) in [6, 6.07) is 81.1. The number of hydrogen-bond donors (Lipinski definition) is 0. The highest BCUT2D eigenvalue weighted by Crippen LogP contribution is 2.58. The van der Waals surface area contributed by atoms with Gasteiger partial charge in [-0.2, -0.15) is 0 Å². The second kappa shape index (κ2) is 13.0. The molecule has 2 aliphatic carbocycles. The predicted molar refractivity (Wildman–Crippen MR) is 244 cm³/mol. The number of thiophene rings is 1. The zero-order chi connectivity index (χ0) is 38.2. The molecule has 0 saturated heterocycles. The minimum Gasteiger partial charge on any atom is -0.310 e. The van der Waals surface area contributed by atoms with Crippen molar-refractivity contribution in [2.24, 2.45) is 0 Å². The van der Waals surface area contributed by atoms with Crippen LogP contribution in [0.25, 0.3) is 42.4 Å². The smallest absolute Gasteiger partial charge is 0.0720 e. The lowest BCUT2D eigenvalue weighted by molar-refractivity contribution is 0.777. The molecule has 0 N–H and O–H groups in total. The van der Waals surface area contributed by atoms with Crippen LogP contribution in [0.3, 0.4) is 0 Å². The number of hydrogen-bond acceptors (Lipinski definition) is 2. The summed E-state index contributed by atoms with van der Waals surface area (Å²) in [4.78, 5) is 2.43. The van der Waals surface area contributed by atoms with E-state index in [9.17, 15) is 0 Å². The molecule has 272 valence electrons. The molecule has 2 aliphatic rings. The van der Waals surface area contributed by atoms with Gasteiger partial charge >= 0.3 is 0 Å². The summed E-state index contributed by atoms with van der Waals surface area (Å²) in [5.74, 6) is 0.216. The third kappa shape index (κ3) is 4.76. The van der Waals surface area contributed by atoms with Gasteiger partial charge in [-0.1, -0.05) is 176 Å². The van der Waals surface area contributed by atoms with Crippen LogP contribution in [0.1, 0.15) is 44.9 Å². The Kier molecular flexibility index (Phi) is 7.45. The SMILES string of the molecule is c1ccc(C2c3ccccc3-c3cc(N(c4ccccc4)c4ccc5c(c4)sc4cccc(C6(c7ccccc7)c7ccccc7-c7ccccc76)c45)ccc32)cc1. The van der Waals surface area contributed by atoms with Gasteiger partial charge in [-0.25, -0.2) is 0 Å². The quantitative estimate of drug-likeness (QED) is 0.163. The average Bonchev–Trinajstić information content (AvgIpc) is 3.94. The number of para-hydroxylation sites is 1. The van der Waals surface area contributed by atoms with Crippen molar-refractivity contribution in [2.75, 3.05) is 4.90 Å². The number of anilines is 3. The molecule has 58 heavy (non-hydrogen) atoms. The van der Waals surface area contributed by atoms with Crippen molar-refractivity contribution in [1.82, 2.24) is 0 Å². The maximum absolute atomic E-state index is 2.43. The number of nitrogens with zero attached hydrogens (tertiary/aromatic N) is 1. The van der Waals surface area contributed by atoms with E-state index in [1.165, 1.54) is 81.4 Å². The molecule has 1 heterocycles. The fraction of sp³-hybridized carbons (Fsp3) is 0.0357. The van der Waals surface area contributed by atoms with Crippen molar-refractivity contribution >= 4 is 48.6 Å². The summed E-state index contributed by atoms with van der Waals surface area (Å²) in [7, 11) is 0. The van der Waals surface area contributed by atoms with E-state index in [0.717, 1.165) is 17.1 Å². The van der Waals surface area contributed by atoms with Crippen molar-refractivity contribution in [3.05, 3.63) is 257 Å². The molecule has 1 atom stereocenters. The molecule has 1 nitrogen and oxygen atoms in total. The zero-order valence-electron chi connectivity index (χ0n) is 31.7.